The lowest BCUT2D eigenvalue weighted by Crippen LogP contribution is -2.02. The topological polar surface area (TPSA) is 49.8 Å². The van der Waals surface area contributed by atoms with Gasteiger partial charge in [0.25, 0.3) is 0 Å². The molecule has 0 spiro atoms. The van der Waals surface area contributed by atoms with Gasteiger partial charge in [-0.05, 0) is 49.2 Å². The highest BCUT2D eigenvalue weighted by atomic mass is 79.9. The van der Waals surface area contributed by atoms with Gasteiger partial charge in [0, 0.05) is 27.6 Å². The van der Waals surface area contributed by atoms with E-state index in [0.717, 1.165) is 33.8 Å². The molecular weight excluding hydrogens is 364 g/mol. The highest BCUT2D eigenvalue weighted by molar-refractivity contribution is 9.10. The summed E-state index contributed by atoms with van der Waals surface area (Å²) < 4.78 is 1.01. The summed E-state index contributed by atoms with van der Waals surface area (Å²) in [6.45, 7) is 4.11. The van der Waals surface area contributed by atoms with E-state index in [9.17, 15) is 0 Å². The van der Waals surface area contributed by atoms with Crippen LogP contribution in [0, 0.1) is 6.92 Å². The van der Waals surface area contributed by atoms with Crippen molar-refractivity contribution < 1.29 is 0 Å². The predicted octanol–water partition coefficient (Wildman–Crippen LogP) is 5.60. The molecule has 0 atom stereocenters. The Labute approximate surface area is 150 Å². The first-order valence-electron chi connectivity index (χ1n) is 7.86. The molecule has 0 fully saturated rings. The SMILES string of the molecule is CCc1ccc(Nc2cc(C)nc(Nc3cccc(Br)c3)n2)cc1. The van der Waals surface area contributed by atoms with E-state index in [1.165, 1.54) is 5.56 Å². The summed E-state index contributed by atoms with van der Waals surface area (Å²) in [5.74, 6) is 1.34. The molecule has 3 aromatic rings. The molecule has 0 radical (unpaired) electrons. The van der Waals surface area contributed by atoms with Crippen LogP contribution in [-0.4, -0.2) is 9.97 Å². The lowest BCUT2D eigenvalue weighted by Gasteiger charge is -2.10. The quantitative estimate of drug-likeness (QED) is 0.602. The Morgan fingerprint density at radius 2 is 1.71 bits per heavy atom. The van der Waals surface area contributed by atoms with Crippen molar-refractivity contribution in [2.24, 2.45) is 0 Å². The fourth-order valence-electron chi connectivity index (χ4n) is 2.36. The number of aryl methyl sites for hydroxylation is 2. The first-order chi connectivity index (χ1) is 11.6. The molecule has 0 aliphatic heterocycles. The van der Waals surface area contributed by atoms with Crippen molar-refractivity contribution in [1.82, 2.24) is 9.97 Å². The largest absolute Gasteiger partial charge is 0.340 e. The minimum absolute atomic E-state index is 0.570. The molecule has 5 heteroatoms. The summed E-state index contributed by atoms with van der Waals surface area (Å²) >= 11 is 3.47. The van der Waals surface area contributed by atoms with Gasteiger partial charge in [-0.2, -0.15) is 4.98 Å². The minimum Gasteiger partial charge on any atom is -0.340 e. The monoisotopic (exact) mass is 382 g/mol. The van der Waals surface area contributed by atoms with Crippen molar-refractivity contribution >= 4 is 39.1 Å². The van der Waals surface area contributed by atoms with Gasteiger partial charge in [0.1, 0.15) is 5.82 Å². The van der Waals surface area contributed by atoms with E-state index in [4.69, 9.17) is 0 Å². The van der Waals surface area contributed by atoms with Crippen LogP contribution in [0.25, 0.3) is 0 Å². The van der Waals surface area contributed by atoms with Crippen LogP contribution in [0.5, 0.6) is 0 Å². The molecule has 0 amide bonds. The van der Waals surface area contributed by atoms with E-state index in [2.05, 4.69) is 67.7 Å². The fourth-order valence-corrected chi connectivity index (χ4v) is 2.75. The Balaban J connectivity index is 1.80. The van der Waals surface area contributed by atoms with E-state index in [0.29, 0.717) is 5.95 Å². The number of aromatic nitrogens is 2. The Morgan fingerprint density at radius 3 is 2.42 bits per heavy atom. The van der Waals surface area contributed by atoms with Crippen LogP contribution < -0.4 is 10.6 Å². The van der Waals surface area contributed by atoms with Gasteiger partial charge in [-0.3, -0.25) is 0 Å². The summed E-state index contributed by atoms with van der Waals surface area (Å²) in [4.78, 5) is 9.00. The standard InChI is InChI=1S/C19H19BrN4/c1-3-14-7-9-16(10-8-14)22-18-11-13(2)21-19(24-18)23-17-6-4-5-15(20)12-17/h4-12H,3H2,1-2H3,(H2,21,22,23,24). The van der Waals surface area contributed by atoms with Gasteiger partial charge in [0.05, 0.1) is 0 Å². The smallest absolute Gasteiger partial charge is 0.229 e. The number of nitrogens with one attached hydrogen (secondary N) is 2. The Bertz CT molecular complexity index is 831. The normalized spacial score (nSPS) is 10.5. The highest BCUT2D eigenvalue weighted by Gasteiger charge is 2.04. The Hall–Kier alpha value is -2.40. The highest BCUT2D eigenvalue weighted by Crippen LogP contribution is 2.21. The van der Waals surface area contributed by atoms with E-state index < -0.39 is 0 Å². The van der Waals surface area contributed by atoms with E-state index in [1.54, 1.807) is 0 Å². The lowest BCUT2D eigenvalue weighted by atomic mass is 10.1. The first-order valence-corrected chi connectivity index (χ1v) is 8.66. The maximum Gasteiger partial charge on any atom is 0.229 e. The second-order valence-corrected chi connectivity index (χ2v) is 6.44. The van der Waals surface area contributed by atoms with Gasteiger partial charge in [-0.25, -0.2) is 4.98 Å². The molecule has 4 nitrogen and oxygen atoms in total. The van der Waals surface area contributed by atoms with Crippen LogP contribution >= 0.6 is 15.9 Å². The van der Waals surface area contributed by atoms with Crippen LogP contribution in [0.3, 0.4) is 0 Å². The second kappa shape index (κ2) is 7.45. The van der Waals surface area contributed by atoms with Gasteiger partial charge in [-0.15, -0.1) is 0 Å². The lowest BCUT2D eigenvalue weighted by molar-refractivity contribution is 1.11. The molecule has 24 heavy (non-hydrogen) atoms. The third-order valence-corrected chi connectivity index (χ3v) is 4.06. The Kier molecular flexibility index (Phi) is 5.11. The van der Waals surface area contributed by atoms with Gasteiger partial charge >= 0.3 is 0 Å². The van der Waals surface area contributed by atoms with Crippen molar-refractivity contribution in [2.45, 2.75) is 20.3 Å². The van der Waals surface area contributed by atoms with E-state index in [1.807, 2.05) is 37.3 Å². The fraction of sp³-hybridized carbons (Fsp3) is 0.158. The van der Waals surface area contributed by atoms with E-state index in [-0.39, 0.29) is 0 Å². The maximum absolute atomic E-state index is 4.55. The number of hydrogen-bond acceptors (Lipinski definition) is 4. The van der Waals surface area contributed by atoms with Crippen LogP contribution in [0.4, 0.5) is 23.1 Å². The molecule has 0 saturated carbocycles. The third-order valence-electron chi connectivity index (χ3n) is 3.57. The summed E-state index contributed by atoms with van der Waals surface area (Å²) in [5.41, 5.74) is 4.17. The van der Waals surface area contributed by atoms with Crippen molar-refractivity contribution in [2.75, 3.05) is 10.6 Å². The number of benzene rings is 2. The average Bonchev–Trinajstić information content (AvgIpc) is 2.55. The maximum atomic E-state index is 4.55. The molecule has 122 valence electrons. The van der Waals surface area contributed by atoms with Crippen molar-refractivity contribution in [1.29, 1.82) is 0 Å². The Morgan fingerprint density at radius 1 is 0.917 bits per heavy atom. The molecule has 3 rings (SSSR count). The zero-order valence-electron chi connectivity index (χ0n) is 13.7. The van der Waals surface area contributed by atoms with Gasteiger partial charge < -0.3 is 10.6 Å². The molecule has 0 unspecified atom stereocenters. The van der Waals surface area contributed by atoms with Gasteiger partial charge in [0.2, 0.25) is 5.95 Å². The molecule has 1 aromatic heterocycles. The average molecular weight is 383 g/mol. The predicted molar refractivity (Wildman–Crippen MR) is 103 cm³/mol. The van der Waals surface area contributed by atoms with Crippen molar-refractivity contribution in [3.63, 3.8) is 0 Å². The second-order valence-electron chi connectivity index (χ2n) is 5.53. The minimum atomic E-state index is 0.570. The van der Waals surface area contributed by atoms with Gasteiger partial charge in [0.15, 0.2) is 0 Å². The number of halogens is 1. The molecular formula is C19H19BrN4. The van der Waals surface area contributed by atoms with Crippen molar-refractivity contribution in [3.8, 4) is 0 Å². The van der Waals surface area contributed by atoms with Gasteiger partial charge in [-0.1, -0.05) is 41.1 Å². The summed E-state index contributed by atoms with van der Waals surface area (Å²) in [5, 5.41) is 6.57. The molecule has 2 aromatic carbocycles. The number of nitrogens with zero attached hydrogens (tertiary/aromatic N) is 2. The van der Waals surface area contributed by atoms with E-state index >= 15 is 0 Å². The van der Waals surface area contributed by atoms with Crippen molar-refractivity contribution in [3.05, 3.63) is 70.3 Å². The molecule has 0 saturated heterocycles. The first kappa shape index (κ1) is 16.5. The van der Waals surface area contributed by atoms with Crippen LogP contribution in [0.1, 0.15) is 18.2 Å². The summed E-state index contributed by atoms with van der Waals surface area (Å²) in [6, 6.07) is 18.2. The zero-order chi connectivity index (χ0) is 16.9. The number of rotatable bonds is 5. The molecule has 1 heterocycles. The van der Waals surface area contributed by atoms with Crippen LogP contribution in [-0.2, 0) is 6.42 Å². The molecule has 0 bridgehead atoms. The van der Waals surface area contributed by atoms with Crippen LogP contribution in [0.2, 0.25) is 0 Å². The molecule has 2 N–H and O–H groups in total. The summed E-state index contributed by atoms with van der Waals surface area (Å²) in [7, 11) is 0. The summed E-state index contributed by atoms with van der Waals surface area (Å²) in [6.07, 6.45) is 1.04. The number of anilines is 4. The molecule has 0 aliphatic carbocycles. The van der Waals surface area contributed by atoms with Crippen LogP contribution in [0.15, 0.2) is 59.1 Å². The molecule has 0 aliphatic rings. The third kappa shape index (κ3) is 4.32. The number of hydrogen-bond donors (Lipinski definition) is 2. The zero-order valence-corrected chi connectivity index (χ0v) is 15.3.